The topological polar surface area (TPSA) is 88.9 Å². The van der Waals surface area contributed by atoms with Crippen LogP contribution in [-0.2, 0) is 4.79 Å². The second-order valence-electron chi connectivity index (χ2n) is 6.64. The van der Waals surface area contributed by atoms with Gasteiger partial charge in [-0.15, -0.1) is 10.2 Å². The fraction of sp³-hybridized carbons (Fsp3) is 0.444. The third-order valence-corrected chi connectivity index (χ3v) is 5.79. The van der Waals surface area contributed by atoms with Gasteiger partial charge in [0, 0.05) is 11.1 Å². The summed E-state index contributed by atoms with van der Waals surface area (Å²) in [4.78, 5) is 24.2. The first kappa shape index (κ1) is 19.7. The second-order valence-corrected chi connectivity index (χ2v) is 8.02. The van der Waals surface area contributed by atoms with Crippen LogP contribution in [0.1, 0.15) is 32.6 Å². The van der Waals surface area contributed by atoms with Crippen molar-refractivity contribution in [3.63, 3.8) is 0 Å². The highest BCUT2D eigenvalue weighted by atomic mass is 35.5. The molecule has 2 N–H and O–H groups in total. The molecule has 27 heavy (non-hydrogen) atoms. The van der Waals surface area contributed by atoms with E-state index in [0.717, 1.165) is 24.9 Å². The van der Waals surface area contributed by atoms with Crippen LogP contribution >= 0.6 is 23.4 Å². The van der Waals surface area contributed by atoms with Crippen LogP contribution in [0.5, 0.6) is 0 Å². The first-order valence-electron chi connectivity index (χ1n) is 8.92. The number of aromatic nitrogens is 3. The van der Waals surface area contributed by atoms with Crippen molar-refractivity contribution in [2.24, 2.45) is 5.92 Å². The summed E-state index contributed by atoms with van der Waals surface area (Å²) in [5.41, 5.74) is 0.805. The van der Waals surface area contributed by atoms with Crippen LogP contribution in [0.2, 0.25) is 5.02 Å². The number of carbonyl (C=O) groups excluding carboxylic acids is 2. The molecule has 2 aromatic rings. The number of hydrogen-bond acceptors (Lipinski definition) is 5. The van der Waals surface area contributed by atoms with E-state index in [1.165, 1.54) is 18.2 Å². The number of imide groups is 1. The molecular formula is C18H22ClN5O2S. The van der Waals surface area contributed by atoms with Crippen molar-refractivity contribution < 1.29 is 9.59 Å². The smallest absolute Gasteiger partial charge is 0.321 e. The lowest BCUT2D eigenvalue weighted by molar-refractivity contribution is -0.117. The monoisotopic (exact) mass is 407 g/mol. The molecule has 7 nitrogen and oxygen atoms in total. The number of urea groups is 1. The summed E-state index contributed by atoms with van der Waals surface area (Å²) < 4.78 is 1.74. The van der Waals surface area contributed by atoms with Crippen LogP contribution in [0, 0.1) is 5.92 Å². The number of halogens is 1. The van der Waals surface area contributed by atoms with E-state index in [1.807, 2.05) is 12.1 Å². The predicted molar refractivity (Wildman–Crippen MR) is 105 cm³/mol. The first-order valence-corrected chi connectivity index (χ1v) is 10.3. The maximum Gasteiger partial charge on any atom is 0.321 e. The Labute approximate surface area is 167 Å². The average molecular weight is 408 g/mol. The first-order chi connectivity index (χ1) is 13.0. The average Bonchev–Trinajstić information content (AvgIpc) is 3.10. The van der Waals surface area contributed by atoms with E-state index in [0.29, 0.717) is 16.1 Å². The Kier molecular flexibility index (Phi) is 6.73. The van der Waals surface area contributed by atoms with Crippen molar-refractivity contribution in [3.8, 4) is 5.69 Å². The maximum absolute atomic E-state index is 12.1. The van der Waals surface area contributed by atoms with Gasteiger partial charge in [0.25, 0.3) is 0 Å². The van der Waals surface area contributed by atoms with Gasteiger partial charge in [0.1, 0.15) is 6.33 Å². The molecule has 1 aromatic heterocycles. The molecule has 1 aromatic carbocycles. The molecule has 3 amide bonds. The van der Waals surface area contributed by atoms with Crippen molar-refractivity contribution in [1.82, 2.24) is 25.4 Å². The molecule has 0 saturated heterocycles. The minimum atomic E-state index is -0.435. The molecule has 9 heteroatoms. The molecule has 144 valence electrons. The van der Waals surface area contributed by atoms with Crippen LogP contribution in [0.4, 0.5) is 4.79 Å². The lowest BCUT2D eigenvalue weighted by Crippen LogP contribution is -2.48. The Bertz CT molecular complexity index is 813. The van der Waals surface area contributed by atoms with Crippen LogP contribution in [0.3, 0.4) is 0 Å². The Morgan fingerprint density at radius 2 is 2.15 bits per heavy atom. The van der Waals surface area contributed by atoms with Crippen molar-refractivity contribution in [2.45, 2.75) is 43.8 Å². The van der Waals surface area contributed by atoms with Gasteiger partial charge in [0.15, 0.2) is 5.16 Å². The van der Waals surface area contributed by atoms with Crippen LogP contribution in [0.25, 0.3) is 5.69 Å². The van der Waals surface area contributed by atoms with E-state index in [1.54, 1.807) is 23.0 Å². The number of hydrogen-bond donors (Lipinski definition) is 2. The van der Waals surface area contributed by atoms with Gasteiger partial charge in [-0.3, -0.25) is 14.7 Å². The molecule has 1 heterocycles. The highest BCUT2D eigenvalue weighted by Crippen LogP contribution is 2.24. The minimum absolute atomic E-state index is 0.0624. The Hall–Kier alpha value is -2.06. The van der Waals surface area contributed by atoms with E-state index in [4.69, 9.17) is 11.6 Å². The second kappa shape index (κ2) is 9.23. The van der Waals surface area contributed by atoms with Gasteiger partial charge in [-0.05, 0) is 37.0 Å². The molecule has 0 radical (unpaired) electrons. The number of nitrogens with zero attached hydrogens (tertiary/aromatic N) is 3. The number of nitrogens with one attached hydrogen (secondary N) is 2. The zero-order valence-electron chi connectivity index (χ0n) is 15.0. The molecule has 1 aliphatic carbocycles. The summed E-state index contributed by atoms with van der Waals surface area (Å²) in [7, 11) is 0. The number of rotatable bonds is 5. The molecule has 0 bridgehead atoms. The molecule has 0 aliphatic heterocycles. The van der Waals surface area contributed by atoms with Gasteiger partial charge < -0.3 is 5.32 Å². The maximum atomic E-state index is 12.1. The molecule has 2 unspecified atom stereocenters. The van der Waals surface area contributed by atoms with Crippen LogP contribution in [0.15, 0.2) is 35.7 Å². The van der Waals surface area contributed by atoms with Gasteiger partial charge >= 0.3 is 6.03 Å². The van der Waals surface area contributed by atoms with Gasteiger partial charge in [0.05, 0.1) is 11.4 Å². The Morgan fingerprint density at radius 3 is 2.93 bits per heavy atom. The predicted octanol–water partition coefficient (Wildman–Crippen LogP) is 3.42. The van der Waals surface area contributed by atoms with Gasteiger partial charge in [-0.2, -0.15) is 0 Å². The third-order valence-electron chi connectivity index (χ3n) is 4.62. The molecule has 1 fully saturated rings. The van der Waals surface area contributed by atoms with E-state index in [-0.39, 0.29) is 17.7 Å². The lowest BCUT2D eigenvalue weighted by Gasteiger charge is -2.29. The standard InChI is InChI=1S/C18H22ClN5O2S/c1-12-5-2-3-8-15(12)21-17(26)22-16(25)10-27-18-23-20-11-24(18)14-7-4-6-13(19)9-14/h4,6-7,9,11-12,15H,2-3,5,8,10H2,1H3,(H2,21,22,25,26). The van der Waals surface area contributed by atoms with E-state index in [9.17, 15) is 9.59 Å². The summed E-state index contributed by atoms with van der Waals surface area (Å²) in [5.74, 6) is 0.124. The highest BCUT2D eigenvalue weighted by molar-refractivity contribution is 7.99. The van der Waals surface area contributed by atoms with Crippen LogP contribution < -0.4 is 10.6 Å². The number of amides is 3. The van der Waals surface area contributed by atoms with E-state index < -0.39 is 6.03 Å². The van der Waals surface area contributed by atoms with Crippen molar-refractivity contribution >= 4 is 35.3 Å². The Balaban J connectivity index is 1.51. The molecule has 1 aliphatic rings. The quantitative estimate of drug-likeness (QED) is 0.741. The largest absolute Gasteiger partial charge is 0.335 e. The number of benzene rings is 1. The lowest BCUT2D eigenvalue weighted by atomic mass is 9.86. The van der Waals surface area contributed by atoms with Gasteiger partial charge in [0.2, 0.25) is 5.91 Å². The van der Waals surface area contributed by atoms with Gasteiger partial charge in [-0.1, -0.05) is 49.2 Å². The molecule has 0 spiro atoms. The normalized spacial score (nSPS) is 19.5. The van der Waals surface area contributed by atoms with Crippen molar-refractivity contribution in [2.75, 3.05) is 5.75 Å². The highest BCUT2D eigenvalue weighted by Gasteiger charge is 2.23. The Morgan fingerprint density at radius 1 is 1.33 bits per heavy atom. The van der Waals surface area contributed by atoms with Crippen molar-refractivity contribution in [1.29, 1.82) is 0 Å². The summed E-state index contributed by atoms with van der Waals surface area (Å²) in [5, 5.41) is 14.4. The summed E-state index contributed by atoms with van der Waals surface area (Å²) in [6.45, 7) is 2.13. The fourth-order valence-electron chi connectivity index (χ4n) is 3.15. The number of carbonyl (C=O) groups is 2. The zero-order chi connectivity index (χ0) is 19.2. The third kappa shape index (κ3) is 5.46. The van der Waals surface area contributed by atoms with Gasteiger partial charge in [-0.25, -0.2) is 4.79 Å². The van der Waals surface area contributed by atoms with E-state index in [2.05, 4.69) is 27.8 Å². The fourth-order valence-corrected chi connectivity index (χ4v) is 4.07. The van der Waals surface area contributed by atoms with E-state index >= 15 is 0 Å². The number of thioether (sulfide) groups is 1. The summed E-state index contributed by atoms with van der Waals surface area (Å²) in [6.07, 6.45) is 5.93. The molecular weight excluding hydrogens is 386 g/mol. The summed E-state index contributed by atoms with van der Waals surface area (Å²) >= 11 is 7.22. The van der Waals surface area contributed by atoms with Crippen LogP contribution in [-0.4, -0.2) is 38.5 Å². The SMILES string of the molecule is CC1CCCCC1NC(=O)NC(=O)CSc1nncn1-c1cccc(Cl)c1. The summed E-state index contributed by atoms with van der Waals surface area (Å²) in [6, 6.07) is 6.96. The molecule has 1 saturated carbocycles. The molecule has 2 atom stereocenters. The minimum Gasteiger partial charge on any atom is -0.335 e. The van der Waals surface area contributed by atoms with Crippen molar-refractivity contribution in [3.05, 3.63) is 35.6 Å². The molecule has 3 rings (SSSR count). The zero-order valence-corrected chi connectivity index (χ0v) is 16.6.